The van der Waals surface area contributed by atoms with Crippen LogP contribution >= 0.6 is 11.3 Å². The van der Waals surface area contributed by atoms with Gasteiger partial charge in [-0.15, -0.1) is 11.3 Å². The van der Waals surface area contributed by atoms with Crippen molar-refractivity contribution in [3.8, 4) is 0 Å². The van der Waals surface area contributed by atoms with Crippen LogP contribution in [0.1, 0.15) is 38.8 Å². The largest absolute Gasteiger partial charge is 0.478 e. The van der Waals surface area contributed by atoms with Crippen molar-refractivity contribution >= 4 is 56.1 Å². The van der Waals surface area contributed by atoms with Gasteiger partial charge in [-0.3, -0.25) is 18.9 Å². The lowest BCUT2D eigenvalue weighted by Crippen LogP contribution is -2.66. The van der Waals surface area contributed by atoms with Crippen molar-refractivity contribution in [3.63, 3.8) is 0 Å². The number of carbonyl (C=O) groups is 4. The number of aromatic nitrogens is 1. The highest BCUT2D eigenvalue weighted by atomic mass is 32.2. The number of aliphatic carboxylic acids is 1. The van der Waals surface area contributed by atoms with Crippen molar-refractivity contribution in [3.05, 3.63) is 11.1 Å². The Kier molecular flexibility index (Phi) is 6.95. The molecule has 14 nitrogen and oxygen atoms in total. The molecule has 0 saturated carbocycles. The third-order valence-corrected chi connectivity index (χ3v) is 7.06. The smallest absolute Gasteiger partial charge is 0.362 e. The fourth-order valence-corrected chi connectivity index (χ4v) is 5.00. The molecular weight excluding hydrogens is 494 g/mol. The summed E-state index contributed by atoms with van der Waals surface area (Å²) in [5, 5.41) is 14.4. The van der Waals surface area contributed by atoms with Gasteiger partial charge in [-0.05, 0) is 20.3 Å². The lowest BCUT2D eigenvalue weighted by molar-refractivity contribution is -0.161. The predicted molar refractivity (Wildman–Crippen MR) is 117 cm³/mol. The van der Waals surface area contributed by atoms with Crippen molar-refractivity contribution in [1.29, 1.82) is 0 Å². The molecule has 2 fully saturated rings. The number of nitrogen functional groups attached to an aromatic ring is 1. The number of Topliss-reactive ketones (excluding diaryl/α,β-unsaturated/α-hetero) is 1. The fourth-order valence-electron chi connectivity index (χ4n) is 3.54. The normalized spacial score (nSPS) is 21.6. The lowest BCUT2D eigenvalue weighted by Gasteiger charge is -2.45. The Morgan fingerprint density at radius 2 is 2.06 bits per heavy atom. The number of thiazole rings is 1. The van der Waals surface area contributed by atoms with E-state index in [1.54, 1.807) is 0 Å². The van der Waals surface area contributed by atoms with Gasteiger partial charge in [0.15, 0.2) is 16.6 Å². The van der Waals surface area contributed by atoms with Crippen LogP contribution in [0.4, 0.5) is 5.13 Å². The number of rotatable bonds is 10. The van der Waals surface area contributed by atoms with Gasteiger partial charge in [0.25, 0.3) is 0 Å². The number of nitrogens with zero attached hydrogens (tertiary/aromatic N) is 4. The Balaban J connectivity index is 1.87. The number of carbonyl (C=O) groups excluding carboxylic acids is 3. The summed E-state index contributed by atoms with van der Waals surface area (Å²) < 4.78 is 33.1. The Hall–Kier alpha value is -3.11. The minimum absolute atomic E-state index is 0.0154. The first-order chi connectivity index (χ1) is 15.7. The third kappa shape index (κ3) is 5.18. The lowest BCUT2D eigenvalue weighted by atomic mass is 9.84. The van der Waals surface area contributed by atoms with E-state index in [1.807, 2.05) is 0 Å². The Morgan fingerprint density at radius 3 is 2.56 bits per heavy atom. The van der Waals surface area contributed by atoms with Crippen LogP contribution in [-0.4, -0.2) is 86.3 Å². The van der Waals surface area contributed by atoms with E-state index in [-0.39, 0.29) is 34.0 Å². The summed E-state index contributed by atoms with van der Waals surface area (Å²) in [4.78, 5) is 59.3. The molecule has 2 saturated heterocycles. The zero-order valence-electron chi connectivity index (χ0n) is 18.2. The summed E-state index contributed by atoms with van der Waals surface area (Å²) in [5.74, 6) is -4.58. The van der Waals surface area contributed by atoms with Crippen molar-refractivity contribution in [1.82, 2.24) is 14.2 Å². The average Bonchev–Trinajstić information content (AvgIpc) is 3.32. The number of oxime groups is 1. The molecule has 0 radical (unpaired) electrons. The predicted octanol–water partition coefficient (Wildman–Crippen LogP) is -0.479. The second kappa shape index (κ2) is 9.27. The minimum Gasteiger partial charge on any atom is -0.478 e. The zero-order chi connectivity index (χ0) is 25.4. The molecule has 2 aliphatic heterocycles. The number of amides is 2. The van der Waals surface area contributed by atoms with Gasteiger partial charge in [0.2, 0.25) is 17.4 Å². The van der Waals surface area contributed by atoms with Crippen LogP contribution in [-0.2, 0) is 34.3 Å². The maximum Gasteiger partial charge on any atom is 0.362 e. The van der Waals surface area contributed by atoms with E-state index >= 15 is 0 Å². The molecule has 34 heavy (non-hydrogen) atoms. The second-order valence-electron chi connectivity index (χ2n) is 8.27. The molecule has 0 unspecified atom stereocenters. The molecule has 1 aromatic heterocycles. The number of ketones is 1. The Bertz CT molecular complexity index is 1160. The number of carboxylic acid groups (broad SMARTS) is 1. The number of β-lactam (4-membered cyclic amide) rings is 1. The van der Waals surface area contributed by atoms with E-state index in [0.29, 0.717) is 13.0 Å². The standard InChI is InChI=1S/C18H23N5O9S2/c1-18(2,16(27)28)32-21-14(10-8-33-17(19)20-10)12(24)6-9-11(7-22-5-3-4-13(22)25)23(15(9)26)34(29,30)31/h8-9,11H,3-7H2,1-2H3,(H2,19,20)(H,27,28)(H,29,30,31)/b21-14-/t9-,11+/m0/s1. The number of likely N-dealkylation sites (tertiary alicyclic amines) is 1. The quantitative estimate of drug-likeness (QED) is 0.156. The highest BCUT2D eigenvalue weighted by molar-refractivity contribution is 7.84. The number of carboxylic acids is 1. The Labute approximate surface area is 198 Å². The molecule has 16 heteroatoms. The number of hydrogen-bond acceptors (Lipinski definition) is 11. The van der Waals surface area contributed by atoms with Gasteiger partial charge in [-0.1, -0.05) is 5.16 Å². The van der Waals surface area contributed by atoms with Gasteiger partial charge >= 0.3 is 16.3 Å². The molecule has 0 aromatic carbocycles. The molecule has 0 aliphatic carbocycles. The summed E-state index contributed by atoms with van der Waals surface area (Å²) in [6.07, 6.45) is 0.285. The molecule has 0 spiro atoms. The third-order valence-electron chi connectivity index (χ3n) is 5.44. The molecule has 1 aromatic rings. The first-order valence-corrected chi connectivity index (χ1v) is 12.3. The summed E-state index contributed by atoms with van der Waals surface area (Å²) in [5.41, 5.74) is 3.40. The van der Waals surface area contributed by atoms with Crippen LogP contribution < -0.4 is 5.73 Å². The van der Waals surface area contributed by atoms with Gasteiger partial charge in [0.1, 0.15) is 5.69 Å². The summed E-state index contributed by atoms with van der Waals surface area (Å²) >= 11 is 0.985. The van der Waals surface area contributed by atoms with Gasteiger partial charge < -0.3 is 20.6 Å². The van der Waals surface area contributed by atoms with Crippen LogP contribution in [0.5, 0.6) is 0 Å². The van der Waals surface area contributed by atoms with Gasteiger partial charge in [0, 0.05) is 31.3 Å². The van der Waals surface area contributed by atoms with Crippen LogP contribution in [0, 0.1) is 5.92 Å². The zero-order valence-corrected chi connectivity index (χ0v) is 19.8. The second-order valence-corrected chi connectivity index (χ2v) is 10.5. The molecule has 186 valence electrons. The van der Waals surface area contributed by atoms with Crippen LogP contribution in [0.25, 0.3) is 0 Å². The fraction of sp³-hybridized carbons (Fsp3) is 0.556. The molecule has 2 atom stereocenters. The van der Waals surface area contributed by atoms with Gasteiger partial charge in [0.05, 0.1) is 12.0 Å². The molecule has 0 bridgehead atoms. The maximum absolute atomic E-state index is 13.1. The van der Waals surface area contributed by atoms with E-state index in [9.17, 15) is 37.3 Å². The van der Waals surface area contributed by atoms with Crippen LogP contribution in [0.15, 0.2) is 10.5 Å². The monoisotopic (exact) mass is 517 g/mol. The van der Waals surface area contributed by atoms with Gasteiger partial charge in [-0.25, -0.2) is 14.1 Å². The highest BCUT2D eigenvalue weighted by Crippen LogP contribution is 2.34. The van der Waals surface area contributed by atoms with E-state index in [2.05, 4.69) is 10.1 Å². The van der Waals surface area contributed by atoms with E-state index < -0.39 is 57.7 Å². The highest BCUT2D eigenvalue weighted by Gasteiger charge is 2.54. The minimum atomic E-state index is -4.91. The SMILES string of the molecule is CC(C)(O/N=C(\C(=O)C[C@@H]1C(=O)N(S(=O)(=O)O)[C@@H]1CN1CCCC1=O)c1csc(N)n1)C(=O)O. The van der Waals surface area contributed by atoms with Crippen molar-refractivity contribution in [2.24, 2.45) is 11.1 Å². The molecule has 2 amide bonds. The van der Waals surface area contributed by atoms with Crippen molar-refractivity contribution in [2.45, 2.75) is 44.8 Å². The number of hydrogen-bond donors (Lipinski definition) is 3. The number of nitrogens with two attached hydrogens (primary N) is 1. The maximum atomic E-state index is 13.1. The first kappa shape index (κ1) is 25.5. The molecule has 3 heterocycles. The van der Waals surface area contributed by atoms with Crippen LogP contribution in [0.3, 0.4) is 0 Å². The molecule has 2 aliphatic rings. The summed E-state index contributed by atoms with van der Waals surface area (Å²) in [6, 6.07) is -1.16. The first-order valence-electron chi connectivity index (χ1n) is 10.0. The molecule has 4 N–H and O–H groups in total. The summed E-state index contributed by atoms with van der Waals surface area (Å²) in [7, 11) is -4.91. The van der Waals surface area contributed by atoms with Crippen LogP contribution in [0.2, 0.25) is 0 Å². The number of anilines is 1. The van der Waals surface area contributed by atoms with Gasteiger partial charge in [-0.2, -0.15) is 8.42 Å². The average molecular weight is 518 g/mol. The van der Waals surface area contributed by atoms with Crippen molar-refractivity contribution in [2.75, 3.05) is 18.8 Å². The molecule has 3 rings (SSSR count). The molecular formula is C18H23N5O9S2. The topological polar surface area (TPSA) is 210 Å². The van der Waals surface area contributed by atoms with E-state index in [1.165, 1.54) is 24.1 Å². The Morgan fingerprint density at radius 1 is 1.38 bits per heavy atom. The summed E-state index contributed by atoms with van der Waals surface area (Å²) in [6.45, 7) is 2.59. The van der Waals surface area contributed by atoms with E-state index in [4.69, 9.17) is 10.6 Å². The van der Waals surface area contributed by atoms with E-state index in [0.717, 1.165) is 11.3 Å². The van der Waals surface area contributed by atoms with Crippen molar-refractivity contribution < 1.29 is 42.1 Å².